The van der Waals surface area contributed by atoms with Gasteiger partial charge in [-0.25, -0.2) is 0 Å². The van der Waals surface area contributed by atoms with Gasteiger partial charge in [0, 0.05) is 11.8 Å². The first kappa shape index (κ1) is 13.6. The molecular weight excluding hydrogens is 260 g/mol. The van der Waals surface area contributed by atoms with Crippen molar-refractivity contribution >= 4 is 0 Å². The third kappa shape index (κ3) is 2.28. The van der Waals surface area contributed by atoms with Gasteiger partial charge in [-0.3, -0.25) is 0 Å². The molecule has 2 fully saturated rings. The molecule has 0 aromatic heterocycles. The molecule has 4 rings (SSSR count). The number of hydrogen-bond donors (Lipinski definition) is 1. The van der Waals surface area contributed by atoms with E-state index < -0.39 is 0 Å². The van der Waals surface area contributed by atoms with Crippen LogP contribution in [0.25, 0.3) is 0 Å². The van der Waals surface area contributed by atoms with Gasteiger partial charge in [-0.2, -0.15) is 0 Å². The highest BCUT2D eigenvalue weighted by Gasteiger charge is 2.56. The molecule has 2 unspecified atom stereocenters. The third-order valence-corrected chi connectivity index (χ3v) is 6.12. The van der Waals surface area contributed by atoms with E-state index in [4.69, 9.17) is 4.74 Å². The number of aryl methyl sites for hydroxylation is 2. The van der Waals surface area contributed by atoms with Crippen LogP contribution in [0.1, 0.15) is 62.5 Å². The molecule has 2 atom stereocenters. The van der Waals surface area contributed by atoms with Gasteiger partial charge in [-0.1, -0.05) is 25.3 Å². The second kappa shape index (κ2) is 5.31. The maximum atomic E-state index is 10.3. The van der Waals surface area contributed by atoms with E-state index in [0.717, 1.165) is 25.0 Å². The summed E-state index contributed by atoms with van der Waals surface area (Å²) in [7, 11) is 0. The molecular formula is C19H26O2. The maximum Gasteiger partial charge on any atom is 0.120 e. The van der Waals surface area contributed by atoms with Crippen molar-refractivity contribution in [1.29, 1.82) is 0 Å². The molecule has 21 heavy (non-hydrogen) atoms. The Morgan fingerprint density at radius 3 is 2.48 bits per heavy atom. The van der Waals surface area contributed by atoms with E-state index >= 15 is 0 Å². The Balaban J connectivity index is 1.51. The van der Waals surface area contributed by atoms with Crippen molar-refractivity contribution < 1.29 is 9.84 Å². The van der Waals surface area contributed by atoms with Crippen LogP contribution in [-0.4, -0.2) is 17.3 Å². The van der Waals surface area contributed by atoms with Gasteiger partial charge in [0.15, 0.2) is 0 Å². The lowest BCUT2D eigenvalue weighted by atomic mass is 9.56. The lowest BCUT2D eigenvalue weighted by molar-refractivity contribution is -0.172. The zero-order valence-corrected chi connectivity index (χ0v) is 12.8. The minimum absolute atomic E-state index is 0.0636. The van der Waals surface area contributed by atoms with Crippen LogP contribution >= 0.6 is 0 Å². The molecule has 1 aromatic rings. The molecule has 0 heterocycles. The predicted molar refractivity (Wildman–Crippen MR) is 83.6 cm³/mol. The number of rotatable bonds is 2. The molecule has 0 aliphatic heterocycles. The molecule has 3 aliphatic carbocycles. The monoisotopic (exact) mass is 286 g/mol. The standard InChI is InChI=1S/C19H26O2/c20-17-13-18(19(17)10-4-1-5-11-19)21-16-9-8-14-6-2-3-7-15(14)12-16/h8-9,12,17-18,20H,1-7,10-11,13H2. The highest BCUT2D eigenvalue weighted by atomic mass is 16.5. The van der Waals surface area contributed by atoms with Crippen molar-refractivity contribution in [3.8, 4) is 5.75 Å². The SMILES string of the molecule is OC1CC(Oc2ccc3c(c2)CCCC3)C12CCCCC2. The average molecular weight is 286 g/mol. The molecule has 2 saturated carbocycles. The van der Waals surface area contributed by atoms with Gasteiger partial charge in [-0.15, -0.1) is 0 Å². The van der Waals surface area contributed by atoms with Crippen molar-refractivity contribution in [2.24, 2.45) is 5.41 Å². The first-order valence-corrected chi connectivity index (χ1v) is 8.74. The fraction of sp³-hybridized carbons (Fsp3) is 0.684. The van der Waals surface area contributed by atoms with Crippen LogP contribution in [0.3, 0.4) is 0 Å². The van der Waals surface area contributed by atoms with Gasteiger partial charge in [0.1, 0.15) is 11.9 Å². The van der Waals surface area contributed by atoms with Crippen LogP contribution in [-0.2, 0) is 12.8 Å². The van der Waals surface area contributed by atoms with Crippen molar-refractivity contribution in [2.45, 2.75) is 76.4 Å². The van der Waals surface area contributed by atoms with Crippen LogP contribution in [0.4, 0.5) is 0 Å². The van der Waals surface area contributed by atoms with Gasteiger partial charge in [0.2, 0.25) is 0 Å². The Hall–Kier alpha value is -1.02. The normalized spacial score (nSPS) is 30.5. The van der Waals surface area contributed by atoms with Crippen LogP contribution in [0, 0.1) is 5.41 Å². The van der Waals surface area contributed by atoms with E-state index in [-0.39, 0.29) is 17.6 Å². The number of aliphatic hydroxyl groups excluding tert-OH is 1. The van der Waals surface area contributed by atoms with E-state index in [2.05, 4.69) is 18.2 Å². The zero-order valence-electron chi connectivity index (χ0n) is 12.8. The Morgan fingerprint density at radius 1 is 0.952 bits per heavy atom. The number of aliphatic hydroxyl groups is 1. The minimum Gasteiger partial charge on any atom is -0.490 e. The van der Waals surface area contributed by atoms with Gasteiger partial charge in [-0.05, 0) is 61.8 Å². The summed E-state index contributed by atoms with van der Waals surface area (Å²) in [6.45, 7) is 0. The second-order valence-corrected chi connectivity index (χ2v) is 7.29. The van der Waals surface area contributed by atoms with E-state index in [1.54, 1.807) is 0 Å². The van der Waals surface area contributed by atoms with Crippen LogP contribution < -0.4 is 4.74 Å². The Morgan fingerprint density at radius 2 is 1.71 bits per heavy atom. The highest BCUT2D eigenvalue weighted by molar-refractivity contribution is 5.37. The van der Waals surface area contributed by atoms with Gasteiger partial charge < -0.3 is 9.84 Å². The summed E-state index contributed by atoms with van der Waals surface area (Å²) in [6, 6.07) is 6.66. The lowest BCUT2D eigenvalue weighted by Crippen LogP contribution is -2.60. The first-order chi connectivity index (χ1) is 10.3. The van der Waals surface area contributed by atoms with E-state index in [9.17, 15) is 5.11 Å². The molecule has 2 nitrogen and oxygen atoms in total. The molecule has 0 amide bonds. The molecule has 3 aliphatic rings. The predicted octanol–water partition coefficient (Wildman–Crippen LogP) is 4.03. The second-order valence-electron chi connectivity index (χ2n) is 7.29. The summed E-state index contributed by atoms with van der Waals surface area (Å²) in [6.07, 6.45) is 12.1. The van der Waals surface area contributed by atoms with E-state index in [1.807, 2.05) is 0 Å². The van der Waals surface area contributed by atoms with Gasteiger partial charge in [0.25, 0.3) is 0 Å². The number of ether oxygens (including phenoxy) is 1. The summed E-state index contributed by atoms with van der Waals surface area (Å²) < 4.78 is 6.32. The number of hydrogen-bond acceptors (Lipinski definition) is 2. The summed E-state index contributed by atoms with van der Waals surface area (Å²) in [5.41, 5.74) is 3.06. The Labute approximate surface area is 127 Å². The van der Waals surface area contributed by atoms with E-state index in [0.29, 0.717) is 0 Å². The number of fused-ring (bicyclic) bond motifs is 1. The van der Waals surface area contributed by atoms with Crippen molar-refractivity contribution in [3.63, 3.8) is 0 Å². The highest BCUT2D eigenvalue weighted by Crippen LogP contribution is 2.53. The molecule has 0 saturated heterocycles. The molecule has 0 bridgehead atoms. The summed E-state index contributed by atoms with van der Waals surface area (Å²) in [5, 5.41) is 10.3. The van der Waals surface area contributed by atoms with Gasteiger partial charge in [0.05, 0.1) is 6.10 Å². The smallest absolute Gasteiger partial charge is 0.120 e. The topological polar surface area (TPSA) is 29.5 Å². The Bertz CT molecular complexity index is 516. The zero-order chi connectivity index (χ0) is 14.3. The van der Waals surface area contributed by atoms with Crippen molar-refractivity contribution in [2.75, 3.05) is 0 Å². The third-order valence-electron chi connectivity index (χ3n) is 6.12. The lowest BCUT2D eigenvalue weighted by Gasteiger charge is -2.55. The first-order valence-electron chi connectivity index (χ1n) is 8.74. The molecule has 0 radical (unpaired) electrons. The average Bonchev–Trinajstić information content (AvgIpc) is 2.55. The van der Waals surface area contributed by atoms with Gasteiger partial charge >= 0.3 is 0 Å². The minimum atomic E-state index is -0.138. The summed E-state index contributed by atoms with van der Waals surface area (Å²) in [4.78, 5) is 0. The summed E-state index contributed by atoms with van der Waals surface area (Å²) >= 11 is 0. The molecule has 1 aromatic carbocycles. The van der Waals surface area contributed by atoms with Crippen LogP contribution in [0.5, 0.6) is 5.75 Å². The molecule has 1 N–H and O–H groups in total. The van der Waals surface area contributed by atoms with Crippen molar-refractivity contribution in [3.05, 3.63) is 29.3 Å². The Kier molecular flexibility index (Phi) is 3.45. The summed E-state index contributed by atoms with van der Waals surface area (Å²) in [5.74, 6) is 1.03. The largest absolute Gasteiger partial charge is 0.490 e. The van der Waals surface area contributed by atoms with Crippen LogP contribution in [0.2, 0.25) is 0 Å². The number of benzene rings is 1. The molecule has 114 valence electrons. The van der Waals surface area contributed by atoms with Crippen LogP contribution in [0.15, 0.2) is 18.2 Å². The fourth-order valence-electron chi connectivity index (χ4n) is 4.70. The quantitative estimate of drug-likeness (QED) is 0.889. The molecule has 1 spiro atoms. The maximum absolute atomic E-state index is 10.3. The van der Waals surface area contributed by atoms with Crippen molar-refractivity contribution in [1.82, 2.24) is 0 Å². The molecule has 2 heteroatoms. The van der Waals surface area contributed by atoms with E-state index in [1.165, 1.54) is 56.1 Å². The fourth-order valence-corrected chi connectivity index (χ4v) is 4.70.